The van der Waals surface area contributed by atoms with Crippen LogP contribution < -0.4 is 5.01 Å². The number of anilines is 1. The summed E-state index contributed by atoms with van der Waals surface area (Å²) in [5.41, 5.74) is -0.727. The minimum Gasteiger partial charge on any atom is -0.264 e. The summed E-state index contributed by atoms with van der Waals surface area (Å²) in [6.07, 6.45) is -4.63. The molecular weight excluding hydrogens is 418 g/mol. The van der Waals surface area contributed by atoms with Crippen LogP contribution in [0.3, 0.4) is 0 Å². The van der Waals surface area contributed by atoms with Crippen LogP contribution in [0.25, 0.3) is 0 Å². The summed E-state index contributed by atoms with van der Waals surface area (Å²) in [6, 6.07) is 0.760. The van der Waals surface area contributed by atoms with Crippen LogP contribution in [0.5, 0.6) is 0 Å². The van der Waals surface area contributed by atoms with Gasteiger partial charge in [-0.3, -0.25) is 5.01 Å². The lowest BCUT2D eigenvalue weighted by molar-refractivity contribution is -0.137. The molecule has 2 rings (SSSR count). The molecule has 0 bridgehead atoms. The van der Waals surface area contributed by atoms with Crippen molar-refractivity contribution in [2.75, 3.05) is 5.01 Å². The Balaban J connectivity index is 2.56. The highest BCUT2D eigenvalue weighted by molar-refractivity contribution is 7.97. The van der Waals surface area contributed by atoms with Gasteiger partial charge in [0.1, 0.15) is 0 Å². The first-order valence-electron chi connectivity index (χ1n) is 6.41. The van der Waals surface area contributed by atoms with Crippen molar-refractivity contribution in [1.82, 2.24) is 4.41 Å². The number of alkyl halides is 5. The molecule has 1 heterocycles. The molecule has 24 heavy (non-hydrogen) atoms. The van der Waals surface area contributed by atoms with E-state index in [0.717, 1.165) is 4.41 Å². The van der Waals surface area contributed by atoms with Crippen molar-refractivity contribution in [2.24, 2.45) is 0 Å². The van der Waals surface area contributed by atoms with Crippen molar-refractivity contribution in [3.8, 4) is 0 Å². The Morgan fingerprint density at radius 1 is 1.12 bits per heavy atom. The highest BCUT2D eigenvalue weighted by Crippen LogP contribution is 2.47. The Morgan fingerprint density at radius 2 is 1.62 bits per heavy atom. The van der Waals surface area contributed by atoms with E-state index in [4.69, 9.17) is 34.8 Å². The van der Waals surface area contributed by atoms with Crippen molar-refractivity contribution >= 4 is 52.4 Å². The molecule has 1 aromatic rings. The van der Waals surface area contributed by atoms with Gasteiger partial charge in [0, 0.05) is 17.6 Å². The number of hydrazine groups is 1. The van der Waals surface area contributed by atoms with Gasteiger partial charge in [0.25, 0.3) is 5.76 Å². The second-order valence-corrected chi connectivity index (χ2v) is 7.04. The van der Waals surface area contributed by atoms with Crippen molar-refractivity contribution in [2.45, 2.75) is 31.8 Å². The van der Waals surface area contributed by atoms with E-state index in [1.165, 1.54) is 11.9 Å². The van der Waals surface area contributed by atoms with Crippen LogP contribution in [0, 0.1) is 0 Å². The van der Waals surface area contributed by atoms with Gasteiger partial charge in [-0.15, -0.1) is 4.41 Å². The molecule has 1 aliphatic rings. The molecule has 0 saturated carbocycles. The van der Waals surface area contributed by atoms with Crippen LogP contribution in [0.15, 0.2) is 22.9 Å². The van der Waals surface area contributed by atoms with E-state index in [0.29, 0.717) is 17.8 Å². The maximum absolute atomic E-state index is 12.8. The summed E-state index contributed by atoms with van der Waals surface area (Å²) < 4.78 is 65.3. The van der Waals surface area contributed by atoms with Crippen molar-refractivity contribution in [3.05, 3.63) is 38.5 Å². The molecule has 1 aliphatic heterocycles. The molecule has 1 unspecified atom stereocenters. The van der Waals surface area contributed by atoms with Crippen LogP contribution in [-0.4, -0.2) is 16.2 Å². The number of rotatable bonds is 3. The molecule has 0 aliphatic carbocycles. The number of nitrogens with zero attached hydrogens (tertiary/aromatic N) is 2. The van der Waals surface area contributed by atoms with Crippen LogP contribution in [0.1, 0.15) is 19.4 Å². The molecule has 0 saturated heterocycles. The highest BCUT2D eigenvalue weighted by atomic mass is 35.5. The van der Waals surface area contributed by atoms with E-state index >= 15 is 0 Å². The van der Waals surface area contributed by atoms with E-state index in [1.807, 2.05) is 0 Å². The first-order valence-corrected chi connectivity index (χ1v) is 8.39. The molecule has 0 aromatic heterocycles. The maximum atomic E-state index is 12.8. The fourth-order valence-corrected chi connectivity index (χ4v) is 3.87. The number of hydrogen-bond donors (Lipinski definition) is 0. The third-order valence-electron chi connectivity index (χ3n) is 3.30. The van der Waals surface area contributed by atoms with Gasteiger partial charge in [-0.1, -0.05) is 34.8 Å². The number of halogens is 8. The van der Waals surface area contributed by atoms with Crippen LogP contribution >= 0.6 is 46.8 Å². The number of allylic oxidation sites excluding steroid dienone is 1. The van der Waals surface area contributed by atoms with Crippen molar-refractivity contribution < 1.29 is 22.0 Å². The van der Waals surface area contributed by atoms with E-state index < -0.39 is 23.5 Å². The Labute approximate surface area is 154 Å². The quantitative estimate of drug-likeness (QED) is 0.388. The van der Waals surface area contributed by atoms with Crippen molar-refractivity contribution in [1.29, 1.82) is 0 Å². The standard InChI is InChI=1S/C13H10Cl3F5N2S/c1-5-10(16)6(2)23(24-12(17)18)22(5)11-8(14)3-7(4-9(11)15)13(19,20)21/h3-4,6,12H,1-2H3. The molecule has 1 atom stereocenters. The second-order valence-electron chi connectivity index (χ2n) is 4.88. The largest absolute Gasteiger partial charge is 0.416 e. The SMILES string of the molecule is CC1=C(Cl)C(C)N(SC(F)F)N1c1c(Cl)cc(C(F)(F)F)cc1Cl. The minimum atomic E-state index is -4.63. The first kappa shape index (κ1) is 19.9. The van der Waals surface area contributed by atoms with E-state index in [9.17, 15) is 22.0 Å². The zero-order chi connectivity index (χ0) is 18.4. The number of benzene rings is 1. The lowest BCUT2D eigenvalue weighted by Gasteiger charge is -2.33. The highest BCUT2D eigenvalue weighted by Gasteiger charge is 2.40. The Kier molecular flexibility index (Phi) is 5.87. The molecule has 11 heteroatoms. The zero-order valence-corrected chi connectivity index (χ0v) is 15.2. The lowest BCUT2D eigenvalue weighted by Crippen LogP contribution is -2.37. The predicted octanol–water partition coefficient (Wildman–Crippen LogP) is 6.78. The van der Waals surface area contributed by atoms with Gasteiger partial charge in [-0.05, 0) is 26.0 Å². The fraction of sp³-hybridized carbons (Fsp3) is 0.385. The van der Waals surface area contributed by atoms with E-state index in [1.54, 1.807) is 6.92 Å². The summed E-state index contributed by atoms with van der Waals surface area (Å²) in [6.45, 7) is 3.11. The normalized spacial score (nSPS) is 19.8. The van der Waals surface area contributed by atoms with Gasteiger partial charge < -0.3 is 0 Å². The van der Waals surface area contributed by atoms with Gasteiger partial charge in [-0.25, -0.2) is 0 Å². The van der Waals surface area contributed by atoms with Gasteiger partial charge in [-0.2, -0.15) is 22.0 Å². The summed E-state index contributed by atoms with van der Waals surface area (Å²) in [5, 5.41) is 0.810. The number of hydrogen-bond acceptors (Lipinski definition) is 3. The van der Waals surface area contributed by atoms with Crippen LogP contribution in [0.4, 0.5) is 27.6 Å². The van der Waals surface area contributed by atoms with Gasteiger partial charge in [0.05, 0.1) is 32.4 Å². The Morgan fingerprint density at radius 3 is 2.04 bits per heavy atom. The molecular formula is C13H10Cl3F5N2S. The minimum absolute atomic E-state index is 0.0421. The monoisotopic (exact) mass is 426 g/mol. The van der Waals surface area contributed by atoms with Gasteiger partial charge >= 0.3 is 6.18 Å². The smallest absolute Gasteiger partial charge is 0.264 e. The van der Waals surface area contributed by atoms with Crippen molar-refractivity contribution in [3.63, 3.8) is 0 Å². The molecule has 134 valence electrons. The van der Waals surface area contributed by atoms with Crippen LogP contribution in [0.2, 0.25) is 10.0 Å². The second kappa shape index (κ2) is 7.07. The third kappa shape index (κ3) is 3.72. The fourth-order valence-electron chi connectivity index (χ4n) is 2.24. The van der Waals surface area contributed by atoms with E-state index in [2.05, 4.69) is 0 Å². The average molecular weight is 428 g/mol. The predicted molar refractivity (Wildman–Crippen MR) is 87.4 cm³/mol. The molecule has 0 fully saturated rings. The average Bonchev–Trinajstić information content (AvgIpc) is 2.63. The summed E-state index contributed by atoms with van der Waals surface area (Å²) in [5.74, 6) is -2.77. The summed E-state index contributed by atoms with van der Waals surface area (Å²) in [4.78, 5) is 0. The molecule has 0 radical (unpaired) electrons. The summed E-state index contributed by atoms with van der Waals surface area (Å²) in [7, 11) is 0. The third-order valence-corrected chi connectivity index (χ3v) is 5.32. The zero-order valence-electron chi connectivity index (χ0n) is 12.1. The molecule has 1 aromatic carbocycles. The lowest BCUT2D eigenvalue weighted by atomic mass is 10.2. The molecule has 0 amide bonds. The van der Waals surface area contributed by atoms with E-state index in [-0.39, 0.29) is 32.7 Å². The summed E-state index contributed by atoms with van der Waals surface area (Å²) >= 11 is 18.2. The van der Waals surface area contributed by atoms with Gasteiger partial charge in [0.15, 0.2) is 0 Å². The first-order chi connectivity index (χ1) is 10.9. The molecule has 0 N–H and O–H groups in total. The Hall–Kier alpha value is -0.410. The Bertz CT molecular complexity index is 657. The topological polar surface area (TPSA) is 6.48 Å². The molecule has 0 spiro atoms. The molecule has 2 nitrogen and oxygen atoms in total. The van der Waals surface area contributed by atoms with Gasteiger partial charge in [0.2, 0.25) is 0 Å². The maximum Gasteiger partial charge on any atom is 0.416 e. The van der Waals surface area contributed by atoms with Crippen LogP contribution in [-0.2, 0) is 6.18 Å².